The fraction of sp³-hybridized carbons (Fsp3) is 1.00. The van der Waals surface area contributed by atoms with Gasteiger partial charge in [-0.25, -0.2) is 0 Å². The van der Waals surface area contributed by atoms with Crippen LogP contribution in [0.1, 0.15) is 51.4 Å². The minimum Gasteiger partial charge on any atom is -0.313 e. The summed E-state index contributed by atoms with van der Waals surface area (Å²) in [6.45, 7) is 4.00. The van der Waals surface area contributed by atoms with Crippen LogP contribution >= 0.6 is 0 Å². The second-order valence-corrected chi connectivity index (χ2v) is 6.13. The van der Waals surface area contributed by atoms with Crippen molar-refractivity contribution in [2.24, 2.45) is 5.92 Å². The highest BCUT2D eigenvalue weighted by molar-refractivity contribution is 4.89. The van der Waals surface area contributed by atoms with Crippen LogP contribution in [0.15, 0.2) is 0 Å². The highest BCUT2D eigenvalue weighted by Gasteiger charge is 2.33. The van der Waals surface area contributed by atoms with Crippen LogP contribution in [0.4, 0.5) is 0 Å². The lowest BCUT2D eigenvalue weighted by atomic mass is 9.85. The molecule has 0 radical (unpaired) electrons. The number of nitrogens with zero attached hydrogens (tertiary/aromatic N) is 1. The summed E-state index contributed by atoms with van der Waals surface area (Å²) in [5.74, 6) is 1.05. The highest BCUT2D eigenvalue weighted by atomic mass is 15.2. The summed E-state index contributed by atoms with van der Waals surface area (Å²) in [4.78, 5) is 2.81. The van der Waals surface area contributed by atoms with Crippen molar-refractivity contribution in [3.05, 3.63) is 0 Å². The molecule has 16 heavy (non-hydrogen) atoms. The zero-order valence-electron chi connectivity index (χ0n) is 10.5. The van der Waals surface area contributed by atoms with Crippen LogP contribution in [-0.4, -0.2) is 36.6 Å². The molecule has 1 unspecified atom stereocenters. The molecule has 0 aromatic carbocycles. The molecular formula is C14H26N2. The summed E-state index contributed by atoms with van der Waals surface area (Å²) in [6, 6.07) is 1.76. The molecule has 0 aromatic rings. The SMILES string of the molecule is C1CCC(CN(CC2CCC2)C2CC2)NC1. The maximum atomic E-state index is 3.70. The average molecular weight is 222 g/mol. The lowest BCUT2D eigenvalue weighted by Crippen LogP contribution is -2.46. The minimum atomic E-state index is 0.800. The van der Waals surface area contributed by atoms with Gasteiger partial charge in [0, 0.05) is 25.2 Å². The van der Waals surface area contributed by atoms with Crippen LogP contribution in [0.5, 0.6) is 0 Å². The third-order valence-electron chi connectivity index (χ3n) is 4.65. The van der Waals surface area contributed by atoms with Gasteiger partial charge in [-0.2, -0.15) is 0 Å². The fourth-order valence-corrected chi connectivity index (χ4v) is 3.18. The molecule has 3 fully saturated rings. The van der Waals surface area contributed by atoms with Gasteiger partial charge in [0.25, 0.3) is 0 Å². The Balaban J connectivity index is 1.47. The van der Waals surface area contributed by atoms with Crippen LogP contribution in [-0.2, 0) is 0 Å². The number of hydrogen-bond acceptors (Lipinski definition) is 2. The molecule has 1 saturated heterocycles. The van der Waals surface area contributed by atoms with Crippen molar-refractivity contribution in [3.8, 4) is 0 Å². The van der Waals surface area contributed by atoms with Gasteiger partial charge >= 0.3 is 0 Å². The number of rotatable bonds is 5. The van der Waals surface area contributed by atoms with Crippen molar-refractivity contribution >= 4 is 0 Å². The van der Waals surface area contributed by atoms with E-state index in [1.807, 2.05) is 0 Å². The van der Waals surface area contributed by atoms with E-state index in [4.69, 9.17) is 0 Å². The minimum absolute atomic E-state index is 0.800. The van der Waals surface area contributed by atoms with Crippen LogP contribution in [0, 0.1) is 5.92 Å². The van der Waals surface area contributed by atoms with E-state index < -0.39 is 0 Å². The van der Waals surface area contributed by atoms with Gasteiger partial charge in [0.1, 0.15) is 0 Å². The van der Waals surface area contributed by atoms with E-state index in [9.17, 15) is 0 Å². The second kappa shape index (κ2) is 5.05. The molecule has 0 bridgehead atoms. The van der Waals surface area contributed by atoms with Crippen LogP contribution in [0.25, 0.3) is 0 Å². The van der Waals surface area contributed by atoms with Crippen molar-refractivity contribution < 1.29 is 0 Å². The summed E-state index contributed by atoms with van der Waals surface area (Å²) in [6.07, 6.45) is 11.7. The monoisotopic (exact) mass is 222 g/mol. The molecule has 3 rings (SSSR count). The Morgan fingerprint density at radius 2 is 1.75 bits per heavy atom. The lowest BCUT2D eigenvalue weighted by Gasteiger charge is -2.35. The first-order valence-electron chi connectivity index (χ1n) is 7.39. The normalized spacial score (nSPS) is 31.7. The third-order valence-corrected chi connectivity index (χ3v) is 4.65. The largest absolute Gasteiger partial charge is 0.313 e. The van der Waals surface area contributed by atoms with Crippen LogP contribution in [0.2, 0.25) is 0 Å². The first-order valence-corrected chi connectivity index (χ1v) is 7.39. The van der Waals surface area contributed by atoms with Crippen molar-refractivity contribution in [1.82, 2.24) is 10.2 Å². The van der Waals surface area contributed by atoms with E-state index in [0.717, 1.165) is 18.0 Å². The quantitative estimate of drug-likeness (QED) is 0.768. The number of nitrogens with one attached hydrogen (secondary N) is 1. The van der Waals surface area contributed by atoms with E-state index in [2.05, 4.69) is 10.2 Å². The maximum Gasteiger partial charge on any atom is 0.0195 e. The Morgan fingerprint density at radius 1 is 0.875 bits per heavy atom. The van der Waals surface area contributed by atoms with Gasteiger partial charge in [-0.15, -0.1) is 0 Å². The molecule has 0 amide bonds. The average Bonchev–Trinajstić information content (AvgIpc) is 3.07. The standard InChI is InChI=1S/C14H26N2/c1-2-9-15-13(6-1)11-16(14-7-8-14)10-12-4-3-5-12/h12-15H,1-11H2. The molecule has 2 aliphatic carbocycles. The van der Waals surface area contributed by atoms with Gasteiger partial charge in [-0.05, 0) is 51.0 Å². The van der Waals surface area contributed by atoms with Crippen molar-refractivity contribution in [1.29, 1.82) is 0 Å². The molecular weight excluding hydrogens is 196 g/mol. The summed E-state index contributed by atoms with van der Waals surface area (Å²) in [5, 5.41) is 3.70. The highest BCUT2D eigenvalue weighted by Crippen LogP contribution is 2.33. The van der Waals surface area contributed by atoms with E-state index >= 15 is 0 Å². The Labute approximate surface area is 99.8 Å². The molecule has 1 aliphatic heterocycles. The predicted molar refractivity (Wildman–Crippen MR) is 67.6 cm³/mol. The van der Waals surface area contributed by atoms with Crippen molar-refractivity contribution in [3.63, 3.8) is 0 Å². The molecule has 2 saturated carbocycles. The van der Waals surface area contributed by atoms with Gasteiger partial charge in [0.05, 0.1) is 0 Å². The Hall–Kier alpha value is -0.0800. The van der Waals surface area contributed by atoms with Gasteiger partial charge in [0.2, 0.25) is 0 Å². The second-order valence-electron chi connectivity index (χ2n) is 6.13. The molecule has 2 heteroatoms. The first kappa shape index (κ1) is 11.0. The third kappa shape index (κ3) is 2.78. The van der Waals surface area contributed by atoms with Crippen molar-refractivity contribution in [2.75, 3.05) is 19.6 Å². The fourth-order valence-electron chi connectivity index (χ4n) is 3.18. The van der Waals surface area contributed by atoms with E-state index in [1.165, 1.54) is 71.0 Å². The van der Waals surface area contributed by atoms with E-state index in [-0.39, 0.29) is 0 Å². The lowest BCUT2D eigenvalue weighted by molar-refractivity contribution is 0.150. The van der Waals surface area contributed by atoms with Crippen molar-refractivity contribution in [2.45, 2.75) is 63.5 Å². The van der Waals surface area contributed by atoms with Crippen LogP contribution < -0.4 is 5.32 Å². The molecule has 2 nitrogen and oxygen atoms in total. The zero-order chi connectivity index (χ0) is 10.8. The van der Waals surface area contributed by atoms with Gasteiger partial charge in [0.15, 0.2) is 0 Å². The molecule has 1 heterocycles. The zero-order valence-corrected chi connectivity index (χ0v) is 10.5. The Kier molecular flexibility index (Phi) is 3.49. The Morgan fingerprint density at radius 3 is 2.31 bits per heavy atom. The number of piperidine rings is 1. The summed E-state index contributed by atoms with van der Waals surface area (Å²) in [7, 11) is 0. The van der Waals surface area contributed by atoms with Crippen LogP contribution in [0.3, 0.4) is 0 Å². The summed E-state index contributed by atoms with van der Waals surface area (Å²) < 4.78 is 0. The molecule has 1 atom stereocenters. The topological polar surface area (TPSA) is 15.3 Å². The maximum absolute atomic E-state index is 3.70. The number of hydrogen-bond donors (Lipinski definition) is 1. The summed E-state index contributed by atoms with van der Waals surface area (Å²) >= 11 is 0. The first-order chi connectivity index (χ1) is 7.92. The Bertz CT molecular complexity index is 215. The molecule has 92 valence electrons. The molecule has 1 N–H and O–H groups in total. The summed E-state index contributed by atoms with van der Waals surface area (Å²) in [5.41, 5.74) is 0. The van der Waals surface area contributed by atoms with E-state index in [0.29, 0.717) is 0 Å². The van der Waals surface area contributed by atoms with Gasteiger partial charge in [-0.3, -0.25) is 4.90 Å². The smallest absolute Gasteiger partial charge is 0.0195 e. The van der Waals surface area contributed by atoms with Gasteiger partial charge in [-0.1, -0.05) is 12.8 Å². The molecule has 3 aliphatic rings. The predicted octanol–water partition coefficient (Wildman–Crippen LogP) is 2.39. The van der Waals surface area contributed by atoms with Gasteiger partial charge < -0.3 is 5.32 Å². The molecule has 0 spiro atoms. The van der Waals surface area contributed by atoms with E-state index in [1.54, 1.807) is 0 Å². The molecule has 0 aromatic heterocycles.